The summed E-state index contributed by atoms with van der Waals surface area (Å²) in [7, 11) is -1.68. The van der Waals surface area contributed by atoms with Crippen molar-refractivity contribution in [2.75, 3.05) is 37.7 Å². The molecule has 5 rings (SSSR count). The molecule has 0 unspecified atom stereocenters. The molecule has 0 bridgehead atoms. The van der Waals surface area contributed by atoms with E-state index < -0.39 is 10.0 Å². The Morgan fingerprint density at radius 1 is 1.12 bits per heavy atom. The first-order valence-corrected chi connectivity index (χ1v) is 13.2. The fourth-order valence-electron chi connectivity index (χ4n) is 5.00. The quantitative estimate of drug-likeness (QED) is 0.558. The van der Waals surface area contributed by atoms with Gasteiger partial charge in [-0.3, -0.25) is 4.79 Å². The Morgan fingerprint density at radius 3 is 2.71 bits per heavy atom. The van der Waals surface area contributed by atoms with E-state index in [-0.39, 0.29) is 10.8 Å². The highest BCUT2D eigenvalue weighted by Gasteiger charge is 2.27. The number of anilines is 1. The lowest BCUT2D eigenvalue weighted by Crippen LogP contribution is -2.40. The molecular weight excluding hydrogens is 452 g/mol. The van der Waals surface area contributed by atoms with Crippen LogP contribution in [0.2, 0.25) is 0 Å². The summed E-state index contributed by atoms with van der Waals surface area (Å²) in [5.41, 5.74) is 4.89. The SMILES string of the molecule is Cc1cccc2c1N(C(=O)CCc1nc3cc(S(=O)(=O)N4CCOCC4)ccc3n1C)CCC2. The summed E-state index contributed by atoms with van der Waals surface area (Å²) in [5, 5.41) is 0. The molecule has 0 radical (unpaired) electrons. The second-order valence-corrected chi connectivity index (χ2v) is 10.9. The molecule has 3 heterocycles. The minimum absolute atomic E-state index is 0.0953. The Kier molecular flexibility index (Phi) is 6.18. The van der Waals surface area contributed by atoms with Crippen LogP contribution in [-0.4, -0.2) is 61.0 Å². The van der Waals surface area contributed by atoms with Crippen LogP contribution in [0, 0.1) is 6.92 Å². The highest BCUT2D eigenvalue weighted by molar-refractivity contribution is 7.89. The van der Waals surface area contributed by atoms with Crippen molar-refractivity contribution in [2.24, 2.45) is 7.05 Å². The zero-order valence-corrected chi connectivity index (χ0v) is 20.5. The van der Waals surface area contributed by atoms with Crippen molar-refractivity contribution in [1.29, 1.82) is 0 Å². The topological polar surface area (TPSA) is 84.7 Å². The van der Waals surface area contributed by atoms with Crippen molar-refractivity contribution in [3.05, 3.63) is 53.3 Å². The van der Waals surface area contributed by atoms with Crippen LogP contribution < -0.4 is 4.90 Å². The summed E-state index contributed by atoms with van der Waals surface area (Å²) in [5.74, 6) is 0.865. The molecular formula is C25H30N4O4S. The number of ether oxygens (including phenoxy) is 1. The summed E-state index contributed by atoms with van der Waals surface area (Å²) in [4.78, 5) is 20.0. The predicted octanol–water partition coefficient (Wildman–Crippen LogP) is 2.81. The Balaban J connectivity index is 1.35. The average molecular weight is 483 g/mol. The number of para-hydroxylation sites is 1. The number of rotatable bonds is 5. The number of aryl methyl sites for hydroxylation is 4. The molecule has 3 aromatic rings. The van der Waals surface area contributed by atoms with E-state index in [1.54, 1.807) is 18.2 Å². The van der Waals surface area contributed by atoms with Crippen molar-refractivity contribution >= 4 is 32.7 Å². The molecule has 2 aromatic carbocycles. The largest absolute Gasteiger partial charge is 0.379 e. The number of aromatic nitrogens is 2. The molecule has 2 aliphatic rings. The van der Waals surface area contributed by atoms with E-state index in [0.29, 0.717) is 44.7 Å². The fourth-order valence-corrected chi connectivity index (χ4v) is 6.43. The minimum atomic E-state index is -3.59. The summed E-state index contributed by atoms with van der Waals surface area (Å²) < 4.78 is 34.7. The van der Waals surface area contributed by atoms with Gasteiger partial charge in [-0.2, -0.15) is 4.31 Å². The number of benzene rings is 2. The van der Waals surface area contributed by atoms with Crippen molar-refractivity contribution in [3.63, 3.8) is 0 Å². The van der Waals surface area contributed by atoms with Crippen molar-refractivity contribution in [1.82, 2.24) is 13.9 Å². The van der Waals surface area contributed by atoms with Gasteiger partial charge < -0.3 is 14.2 Å². The van der Waals surface area contributed by atoms with E-state index >= 15 is 0 Å². The molecule has 180 valence electrons. The summed E-state index contributed by atoms with van der Waals surface area (Å²) in [6, 6.07) is 11.3. The Bertz CT molecular complexity index is 1340. The van der Waals surface area contributed by atoms with Crippen LogP contribution in [0.4, 0.5) is 5.69 Å². The Labute approximate surface area is 200 Å². The maximum absolute atomic E-state index is 13.2. The lowest BCUT2D eigenvalue weighted by molar-refractivity contribution is -0.118. The first-order valence-electron chi connectivity index (χ1n) is 11.8. The van der Waals surface area contributed by atoms with Gasteiger partial charge in [0, 0.05) is 45.2 Å². The molecule has 8 nitrogen and oxygen atoms in total. The highest BCUT2D eigenvalue weighted by atomic mass is 32.2. The van der Waals surface area contributed by atoms with E-state index in [1.165, 1.54) is 9.87 Å². The normalized spacial score (nSPS) is 17.2. The van der Waals surface area contributed by atoms with Gasteiger partial charge in [-0.05, 0) is 49.1 Å². The van der Waals surface area contributed by atoms with Gasteiger partial charge in [0.25, 0.3) is 0 Å². The van der Waals surface area contributed by atoms with Crippen LogP contribution >= 0.6 is 0 Å². The molecule has 9 heteroatoms. The molecule has 1 fully saturated rings. The summed E-state index contributed by atoms with van der Waals surface area (Å²) in [6.45, 7) is 4.32. The van der Waals surface area contributed by atoms with Crippen molar-refractivity contribution < 1.29 is 17.9 Å². The molecule has 1 saturated heterocycles. The standard InChI is InChI=1S/C25H30N4O4S/c1-18-5-3-6-19-7-4-12-29(25(18)19)24(30)11-10-23-26-21-17-20(8-9-22(21)27(23)2)34(31,32)28-13-15-33-16-14-28/h3,5-6,8-9,17H,4,7,10-16H2,1-2H3. The molecule has 0 aliphatic carbocycles. The van der Waals surface area contributed by atoms with Gasteiger partial charge in [0.1, 0.15) is 5.82 Å². The molecule has 0 spiro atoms. The zero-order valence-electron chi connectivity index (χ0n) is 19.7. The van der Waals surface area contributed by atoms with Crippen LogP contribution in [-0.2, 0) is 39.4 Å². The molecule has 0 saturated carbocycles. The third kappa shape index (κ3) is 4.12. The van der Waals surface area contributed by atoms with Crippen LogP contribution in [0.5, 0.6) is 0 Å². The lowest BCUT2D eigenvalue weighted by Gasteiger charge is -2.31. The number of imidazole rings is 1. The fraction of sp³-hybridized carbons (Fsp3) is 0.440. The average Bonchev–Trinajstić information content (AvgIpc) is 3.17. The number of amides is 1. The zero-order chi connectivity index (χ0) is 23.9. The number of sulfonamides is 1. The van der Waals surface area contributed by atoms with E-state index in [4.69, 9.17) is 9.72 Å². The first kappa shape index (κ1) is 23.0. The van der Waals surface area contributed by atoms with Gasteiger partial charge in [-0.1, -0.05) is 18.2 Å². The van der Waals surface area contributed by atoms with E-state index in [2.05, 4.69) is 25.1 Å². The van der Waals surface area contributed by atoms with E-state index in [9.17, 15) is 13.2 Å². The molecule has 0 atom stereocenters. The van der Waals surface area contributed by atoms with Crippen LogP contribution in [0.25, 0.3) is 11.0 Å². The van der Waals surface area contributed by atoms with Crippen LogP contribution in [0.15, 0.2) is 41.3 Å². The maximum Gasteiger partial charge on any atom is 0.243 e. The summed E-state index contributed by atoms with van der Waals surface area (Å²) in [6.07, 6.45) is 2.81. The second-order valence-electron chi connectivity index (χ2n) is 8.99. The lowest BCUT2D eigenvalue weighted by atomic mass is 9.98. The predicted molar refractivity (Wildman–Crippen MR) is 130 cm³/mol. The van der Waals surface area contributed by atoms with Gasteiger partial charge in [-0.25, -0.2) is 13.4 Å². The molecule has 1 aromatic heterocycles. The van der Waals surface area contributed by atoms with Gasteiger partial charge >= 0.3 is 0 Å². The van der Waals surface area contributed by atoms with Gasteiger partial charge in [-0.15, -0.1) is 0 Å². The van der Waals surface area contributed by atoms with E-state index in [1.807, 2.05) is 16.5 Å². The van der Waals surface area contributed by atoms with Crippen molar-refractivity contribution in [3.8, 4) is 0 Å². The molecule has 2 aliphatic heterocycles. The first-order chi connectivity index (χ1) is 16.4. The van der Waals surface area contributed by atoms with Crippen molar-refractivity contribution in [2.45, 2.75) is 37.5 Å². The minimum Gasteiger partial charge on any atom is -0.379 e. The number of nitrogens with zero attached hydrogens (tertiary/aromatic N) is 4. The van der Waals surface area contributed by atoms with Gasteiger partial charge in [0.05, 0.1) is 29.1 Å². The third-order valence-electron chi connectivity index (χ3n) is 6.84. The third-order valence-corrected chi connectivity index (χ3v) is 8.73. The number of hydrogen-bond acceptors (Lipinski definition) is 5. The molecule has 1 amide bonds. The number of carbonyl (C=O) groups is 1. The highest BCUT2D eigenvalue weighted by Crippen LogP contribution is 2.31. The van der Waals surface area contributed by atoms with Gasteiger partial charge in [0.2, 0.25) is 15.9 Å². The van der Waals surface area contributed by atoms with Crippen LogP contribution in [0.3, 0.4) is 0 Å². The summed E-state index contributed by atoms with van der Waals surface area (Å²) >= 11 is 0. The second kappa shape index (κ2) is 9.13. The molecule has 0 N–H and O–H groups in total. The smallest absolute Gasteiger partial charge is 0.243 e. The Hall–Kier alpha value is -2.75. The Morgan fingerprint density at radius 2 is 1.91 bits per heavy atom. The van der Waals surface area contributed by atoms with Gasteiger partial charge in [0.15, 0.2) is 0 Å². The number of hydrogen-bond donors (Lipinski definition) is 0. The van der Waals surface area contributed by atoms with Crippen LogP contribution in [0.1, 0.15) is 29.8 Å². The monoisotopic (exact) mass is 482 g/mol. The maximum atomic E-state index is 13.2. The number of carbonyl (C=O) groups excluding carboxylic acids is 1. The number of fused-ring (bicyclic) bond motifs is 2. The molecule has 34 heavy (non-hydrogen) atoms. The van der Waals surface area contributed by atoms with E-state index in [0.717, 1.165) is 42.0 Å². The number of morpholine rings is 1.